The van der Waals surface area contributed by atoms with Gasteiger partial charge in [-0.2, -0.15) is 0 Å². The molecule has 2 unspecified atom stereocenters. The maximum atomic E-state index is 12.2. The lowest BCUT2D eigenvalue weighted by molar-refractivity contribution is -0.124. The first kappa shape index (κ1) is 17.1. The Morgan fingerprint density at radius 1 is 1.33 bits per heavy atom. The second-order valence-electron chi connectivity index (χ2n) is 4.75. The highest BCUT2D eigenvalue weighted by molar-refractivity contribution is 5.88. The number of methoxy groups -OCH3 is 2. The van der Waals surface area contributed by atoms with E-state index in [0.717, 1.165) is 6.42 Å². The van der Waals surface area contributed by atoms with Crippen LogP contribution in [0.1, 0.15) is 49.4 Å². The minimum atomic E-state index is -0.608. The fraction of sp³-hybridized carbons (Fsp3) is 0.692. The molecule has 118 valence electrons. The summed E-state index contributed by atoms with van der Waals surface area (Å²) in [7, 11) is 2.75. The molecule has 0 aliphatic rings. The highest BCUT2D eigenvalue weighted by atomic mass is 16.5. The summed E-state index contributed by atoms with van der Waals surface area (Å²) in [5.74, 6) is -0.800. The van der Waals surface area contributed by atoms with E-state index in [1.165, 1.54) is 18.9 Å². The van der Waals surface area contributed by atoms with Crippen molar-refractivity contribution in [3.63, 3.8) is 0 Å². The zero-order valence-corrected chi connectivity index (χ0v) is 13.0. The number of ether oxygens (including phenoxy) is 2. The summed E-state index contributed by atoms with van der Waals surface area (Å²) in [5, 5.41) is 10.5. The Kier molecular flexibility index (Phi) is 6.29. The second-order valence-corrected chi connectivity index (χ2v) is 4.75. The molecular formula is C13H22N4O4. The highest BCUT2D eigenvalue weighted by Crippen LogP contribution is 2.14. The fourth-order valence-corrected chi connectivity index (χ4v) is 1.73. The largest absolute Gasteiger partial charge is 0.464 e. The summed E-state index contributed by atoms with van der Waals surface area (Å²) >= 11 is 0. The van der Waals surface area contributed by atoms with Crippen LogP contribution in [0.4, 0.5) is 0 Å². The average molecular weight is 298 g/mol. The number of aromatic nitrogens is 3. The minimum Gasteiger partial charge on any atom is -0.464 e. The van der Waals surface area contributed by atoms with Crippen molar-refractivity contribution in [3.8, 4) is 0 Å². The van der Waals surface area contributed by atoms with Crippen LogP contribution in [0.25, 0.3) is 0 Å². The molecule has 1 aromatic heterocycles. The smallest absolute Gasteiger partial charge is 0.360 e. The number of carbonyl (C=O) groups is 2. The monoisotopic (exact) mass is 298 g/mol. The van der Waals surface area contributed by atoms with Crippen LogP contribution in [-0.2, 0) is 20.9 Å². The molecule has 8 heteroatoms. The third-order valence-corrected chi connectivity index (χ3v) is 3.20. The molecule has 0 spiro atoms. The van der Waals surface area contributed by atoms with E-state index < -0.39 is 12.0 Å². The maximum Gasteiger partial charge on any atom is 0.360 e. The van der Waals surface area contributed by atoms with Gasteiger partial charge in [-0.05, 0) is 20.3 Å². The number of nitrogens with one attached hydrogen (secondary N) is 1. The zero-order chi connectivity index (χ0) is 16.0. The van der Waals surface area contributed by atoms with Gasteiger partial charge in [-0.15, -0.1) is 5.10 Å². The molecule has 1 rings (SSSR count). The van der Waals surface area contributed by atoms with Crippen molar-refractivity contribution in [1.29, 1.82) is 0 Å². The van der Waals surface area contributed by atoms with Crippen LogP contribution < -0.4 is 5.32 Å². The molecule has 1 amide bonds. The van der Waals surface area contributed by atoms with Gasteiger partial charge in [0.25, 0.3) is 0 Å². The maximum absolute atomic E-state index is 12.2. The van der Waals surface area contributed by atoms with E-state index in [-0.39, 0.29) is 24.2 Å². The molecule has 1 heterocycles. The van der Waals surface area contributed by atoms with Crippen molar-refractivity contribution in [2.24, 2.45) is 0 Å². The topological polar surface area (TPSA) is 95.3 Å². The van der Waals surface area contributed by atoms with Gasteiger partial charge in [0.1, 0.15) is 11.7 Å². The Balaban J connectivity index is 3.03. The normalized spacial score (nSPS) is 13.6. The Bertz CT molecular complexity index is 500. The first-order valence-corrected chi connectivity index (χ1v) is 6.77. The lowest BCUT2D eigenvalue weighted by Crippen LogP contribution is -2.37. The first-order chi connectivity index (χ1) is 9.96. The van der Waals surface area contributed by atoms with Gasteiger partial charge in [-0.1, -0.05) is 12.1 Å². The third kappa shape index (κ3) is 4.01. The number of rotatable bonds is 7. The summed E-state index contributed by atoms with van der Waals surface area (Å²) < 4.78 is 11.1. The van der Waals surface area contributed by atoms with Crippen molar-refractivity contribution in [1.82, 2.24) is 20.3 Å². The summed E-state index contributed by atoms with van der Waals surface area (Å²) in [5.41, 5.74) is 0.471. The molecule has 1 aromatic rings. The predicted molar refractivity (Wildman–Crippen MR) is 74.7 cm³/mol. The number of hydrogen-bond acceptors (Lipinski definition) is 6. The molecule has 0 aliphatic heterocycles. The van der Waals surface area contributed by atoms with Crippen LogP contribution >= 0.6 is 0 Å². The molecule has 21 heavy (non-hydrogen) atoms. The first-order valence-electron chi connectivity index (χ1n) is 6.77. The number of hydrogen-bond donors (Lipinski definition) is 1. The van der Waals surface area contributed by atoms with Gasteiger partial charge < -0.3 is 14.8 Å². The summed E-state index contributed by atoms with van der Waals surface area (Å²) in [6, 6.07) is -0.538. The van der Waals surface area contributed by atoms with E-state index in [4.69, 9.17) is 4.74 Å². The van der Waals surface area contributed by atoms with Crippen LogP contribution in [0.3, 0.4) is 0 Å². The molecule has 2 atom stereocenters. The quantitative estimate of drug-likeness (QED) is 0.744. The molecule has 0 fully saturated rings. The molecule has 8 nitrogen and oxygen atoms in total. The lowest BCUT2D eigenvalue weighted by atomic mass is 10.2. The van der Waals surface area contributed by atoms with Crippen molar-refractivity contribution in [2.45, 2.75) is 45.9 Å². The van der Waals surface area contributed by atoms with Crippen LogP contribution in [0, 0.1) is 0 Å². The standard InChI is InChI=1S/C13H22N4O4/c1-6-8(2)14-12(18)9(3)17-10(7-20-4)11(15-16-17)13(19)21-5/h8-9H,6-7H2,1-5H3,(H,14,18). The van der Waals surface area contributed by atoms with E-state index in [0.29, 0.717) is 5.69 Å². The van der Waals surface area contributed by atoms with Gasteiger partial charge in [0.05, 0.1) is 13.7 Å². The summed E-state index contributed by atoms with van der Waals surface area (Å²) in [6.45, 7) is 5.70. The Labute approximate surface area is 123 Å². The van der Waals surface area contributed by atoms with Gasteiger partial charge in [0.15, 0.2) is 5.69 Å². The van der Waals surface area contributed by atoms with Crippen LogP contribution in [0.2, 0.25) is 0 Å². The molecule has 0 bridgehead atoms. The van der Waals surface area contributed by atoms with Gasteiger partial charge in [-0.3, -0.25) is 4.79 Å². The average Bonchev–Trinajstić information content (AvgIpc) is 2.89. The SMILES string of the molecule is CCC(C)NC(=O)C(C)n1nnc(C(=O)OC)c1COC. The van der Waals surface area contributed by atoms with Crippen molar-refractivity contribution in [3.05, 3.63) is 11.4 Å². The van der Waals surface area contributed by atoms with Crippen LogP contribution in [0.5, 0.6) is 0 Å². The van der Waals surface area contributed by atoms with E-state index in [1.54, 1.807) is 6.92 Å². The summed E-state index contributed by atoms with van der Waals surface area (Å²) in [6.07, 6.45) is 0.828. The predicted octanol–water partition coefficient (Wildman–Crippen LogP) is 0.687. The zero-order valence-electron chi connectivity index (χ0n) is 13.0. The van der Waals surface area contributed by atoms with Gasteiger partial charge in [-0.25, -0.2) is 9.48 Å². The van der Waals surface area contributed by atoms with Crippen molar-refractivity contribution < 1.29 is 19.1 Å². The second kappa shape index (κ2) is 7.72. The van der Waals surface area contributed by atoms with E-state index in [9.17, 15) is 9.59 Å². The van der Waals surface area contributed by atoms with Crippen molar-refractivity contribution in [2.75, 3.05) is 14.2 Å². The molecular weight excluding hydrogens is 276 g/mol. The van der Waals surface area contributed by atoms with E-state index >= 15 is 0 Å². The molecule has 0 aliphatic carbocycles. The summed E-state index contributed by atoms with van der Waals surface area (Å²) in [4.78, 5) is 23.8. The fourth-order valence-electron chi connectivity index (χ4n) is 1.73. The Morgan fingerprint density at radius 2 is 2.00 bits per heavy atom. The minimum absolute atomic E-state index is 0.0579. The molecule has 0 aromatic carbocycles. The molecule has 0 saturated heterocycles. The number of carbonyl (C=O) groups excluding carboxylic acids is 2. The molecule has 0 saturated carbocycles. The molecule has 0 radical (unpaired) electrons. The van der Waals surface area contributed by atoms with Gasteiger partial charge in [0.2, 0.25) is 5.91 Å². The highest BCUT2D eigenvalue weighted by Gasteiger charge is 2.26. The van der Waals surface area contributed by atoms with Crippen LogP contribution in [-0.4, -0.2) is 47.1 Å². The number of nitrogens with zero attached hydrogens (tertiary/aromatic N) is 3. The van der Waals surface area contributed by atoms with Gasteiger partial charge >= 0.3 is 5.97 Å². The molecule has 1 N–H and O–H groups in total. The Hall–Kier alpha value is -1.96. The number of amides is 1. The number of esters is 1. The Morgan fingerprint density at radius 3 is 2.52 bits per heavy atom. The van der Waals surface area contributed by atoms with Gasteiger partial charge in [0, 0.05) is 13.2 Å². The lowest BCUT2D eigenvalue weighted by Gasteiger charge is -2.17. The van der Waals surface area contributed by atoms with Crippen molar-refractivity contribution >= 4 is 11.9 Å². The van der Waals surface area contributed by atoms with Crippen LogP contribution in [0.15, 0.2) is 0 Å². The van der Waals surface area contributed by atoms with E-state index in [1.807, 2.05) is 13.8 Å². The third-order valence-electron chi connectivity index (χ3n) is 3.20. The van der Waals surface area contributed by atoms with E-state index in [2.05, 4.69) is 20.4 Å².